The summed E-state index contributed by atoms with van der Waals surface area (Å²) in [6, 6.07) is 0. The van der Waals surface area contributed by atoms with Gasteiger partial charge < -0.3 is 14.6 Å². The Labute approximate surface area is 228 Å². The molecule has 0 spiro atoms. The van der Waals surface area contributed by atoms with Crippen LogP contribution in [0, 0.1) is 45.8 Å². The third-order valence-corrected chi connectivity index (χ3v) is 11.1. The highest BCUT2D eigenvalue weighted by atomic mass is 16.5. The highest BCUT2D eigenvalue weighted by molar-refractivity contribution is 6.08. The fraction of sp³-hybridized carbons (Fsp3) is 0.781. The number of carbonyl (C=O) groups is 3. The molecule has 3 saturated carbocycles. The van der Waals surface area contributed by atoms with Crippen LogP contribution in [-0.4, -0.2) is 36.0 Å². The predicted octanol–water partition coefficient (Wildman–Crippen LogP) is 6.74. The van der Waals surface area contributed by atoms with Gasteiger partial charge in [-0.05, 0) is 113 Å². The van der Waals surface area contributed by atoms with Gasteiger partial charge in [-0.3, -0.25) is 9.59 Å². The van der Waals surface area contributed by atoms with E-state index in [1.54, 1.807) is 6.92 Å². The topological polar surface area (TPSA) is 89.9 Å². The van der Waals surface area contributed by atoms with Crippen LogP contribution in [0.2, 0.25) is 0 Å². The van der Waals surface area contributed by atoms with Crippen molar-refractivity contribution in [2.24, 2.45) is 45.8 Å². The molecule has 0 saturated heterocycles. The Bertz CT molecular complexity index is 1040. The molecule has 0 unspecified atom stereocenters. The molecule has 6 heteroatoms. The van der Waals surface area contributed by atoms with Crippen molar-refractivity contribution in [1.82, 2.24) is 0 Å². The molecule has 0 heterocycles. The molecular weight excluding hydrogens is 480 g/mol. The Kier molecular flexibility index (Phi) is 7.95. The van der Waals surface area contributed by atoms with Crippen LogP contribution in [0.25, 0.3) is 0 Å². The SMILES string of the molecule is CCOC(=O)CC[C@@H](C)[C@H]1CC[C@H]2[C@@H]3CC=C4C(C)(C)C(=O)/C(=C(/O)C(=O)OCC)C[C@]4(C)[C@H]3CC[C@]12C. The summed E-state index contributed by atoms with van der Waals surface area (Å²) in [6.07, 6.45) is 9.67. The third-order valence-electron chi connectivity index (χ3n) is 11.1. The fourth-order valence-corrected chi connectivity index (χ4v) is 9.51. The summed E-state index contributed by atoms with van der Waals surface area (Å²) in [5, 5.41) is 10.8. The van der Waals surface area contributed by atoms with Crippen LogP contribution < -0.4 is 0 Å². The summed E-state index contributed by atoms with van der Waals surface area (Å²) in [5.74, 6) is 0.995. The standard InChI is InChI=1S/C32H48O6/c1-8-37-26(33)15-10-19(3)22-12-13-23-20-11-14-25-30(4,5)28(35)21(27(34)29(36)38-9-2)18-32(25,7)24(20)16-17-31(22,23)6/h14,19-20,22-24,34H,8-13,15-18H2,1-7H3/b27-21+/t19-,20+,22-,23+,24+,31-,32-/m1/s1. The first-order valence-corrected chi connectivity index (χ1v) is 14.8. The van der Waals surface area contributed by atoms with Crippen molar-refractivity contribution < 1.29 is 29.0 Å². The second kappa shape index (κ2) is 10.5. The Hall–Kier alpha value is -2.11. The molecule has 0 aromatic carbocycles. The van der Waals surface area contributed by atoms with Gasteiger partial charge in [-0.15, -0.1) is 0 Å². The van der Waals surface area contributed by atoms with Crippen molar-refractivity contribution in [2.75, 3.05) is 13.2 Å². The van der Waals surface area contributed by atoms with E-state index < -0.39 is 17.1 Å². The smallest absolute Gasteiger partial charge is 0.373 e. The van der Waals surface area contributed by atoms with E-state index in [9.17, 15) is 19.5 Å². The van der Waals surface area contributed by atoms with Gasteiger partial charge in [0.2, 0.25) is 5.76 Å². The van der Waals surface area contributed by atoms with E-state index in [1.807, 2.05) is 20.8 Å². The Balaban J connectivity index is 1.62. The van der Waals surface area contributed by atoms with Gasteiger partial charge in [0.1, 0.15) is 0 Å². The van der Waals surface area contributed by atoms with Crippen LogP contribution >= 0.6 is 0 Å². The van der Waals surface area contributed by atoms with Gasteiger partial charge in [0, 0.05) is 17.4 Å². The zero-order valence-corrected chi connectivity index (χ0v) is 24.5. The lowest BCUT2D eigenvalue weighted by Crippen LogP contribution is -2.54. The van der Waals surface area contributed by atoms with Gasteiger partial charge in [-0.25, -0.2) is 4.79 Å². The number of aliphatic hydroxyl groups is 1. The van der Waals surface area contributed by atoms with E-state index in [1.165, 1.54) is 18.4 Å². The molecule has 0 aromatic heterocycles. The predicted molar refractivity (Wildman–Crippen MR) is 146 cm³/mol. The second-order valence-corrected chi connectivity index (χ2v) is 13.4. The lowest BCUT2D eigenvalue weighted by Gasteiger charge is -2.60. The van der Waals surface area contributed by atoms with Crippen LogP contribution in [0.4, 0.5) is 0 Å². The van der Waals surface area contributed by atoms with E-state index in [-0.39, 0.29) is 34.8 Å². The Morgan fingerprint density at radius 1 is 1.05 bits per heavy atom. The molecule has 1 N–H and O–H groups in total. The minimum absolute atomic E-state index is 0.0926. The Morgan fingerprint density at radius 2 is 1.74 bits per heavy atom. The zero-order valence-electron chi connectivity index (χ0n) is 24.5. The van der Waals surface area contributed by atoms with Crippen molar-refractivity contribution >= 4 is 17.7 Å². The minimum Gasteiger partial charge on any atom is -0.502 e. The number of allylic oxidation sites excluding steroid dienone is 3. The van der Waals surface area contributed by atoms with Crippen molar-refractivity contribution in [3.8, 4) is 0 Å². The van der Waals surface area contributed by atoms with Crippen LogP contribution in [0.5, 0.6) is 0 Å². The van der Waals surface area contributed by atoms with Gasteiger partial charge in [-0.1, -0.05) is 32.4 Å². The monoisotopic (exact) mass is 528 g/mol. The van der Waals surface area contributed by atoms with Gasteiger partial charge in [0.15, 0.2) is 5.78 Å². The number of hydrogen-bond acceptors (Lipinski definition) is 6. The number of fused-ring (bicyclic) bond motifs is 5. The molecule has 0 amide bonds. The van der Waals surface area contributed by atoms with E-state index >= 15 is 0 Å². The number of ether oxygens (including phenoxy) is 2. The second-order valence-electron chi connectivity index (χ2n) is 13.4. The first-order valence-electron chi connectivity index (χ1n) is 14.8. The molecule has 0 aliphatic heterocycles. The van der Waals surface area contributed by atoms with E-state index in [2.05, 4.69) is 26.8 Å². The average Bonchev–Trinajstić information content (AvgIpc) is 3.22. The third kappa shape index (κ3) is 4.54. The maximum Gasteiger partial charge on any atom is 0.373 e. The lowest BCUT2D eigenvalue weighted by molar-refractivity contribution is -0.144. The van der Waals surface area contributed by atoms with Gasteiger partial charge in [0.05, 0.1) is 13.2 Å². The molecule has 4 aliphatic rings. The molecule has 212 valence electrons. The van der Waals surface area contributed by atoms with Crippen LogP contribution in [-0.2, 0) is 23.9 Å². The molecule has 6 nitrogen and oxygen atoms in total. The summed E-state index contributed by atoms with van der Waals surface area (Å²) in [5.41, 5.74) is 0.596. The van der Waals surface area contributed by atoms with Gasteiger partial charge in [-0.2, -0.15) is 0 Å². The van der Waals surface area contributed by atoms with Crippen molar-refractivity contribution in [1.29, 1.82) is 0 Å². The van der Waals surface area contributed by atoms with Crippen molar-refractivity contribution in [3.05, 3.63) is 23.0 Å². The summed E-state index contributed by atoms with van der Waals surface area (Å²) < 4.78 is 10.2. The maximum atomic E-state index is 13.6. The number of rotatable bonds is 7. The summed E-state index contributed by atoms with van der Waals surface area (Å²) in [7, 11) is 0. The number of aliphatic hydroxyl groups excluding tert-OH is 1. The molecule has 3 fully saturated rings. The van der Waals surface area contributed by atoms with Crippen LogP contribution in [0.15, 0.2) is 23.0 Å². The van der Waals surface area contributed by atoms with E-state index in [0.29, 0.717) is 49.0 Å². The lowest BCUT2D eigenvalue weighted by atomic mass is 9.44. The summed E-state index contributed by atoms with van der Waals surface area (Å²) >= 11 is 0. The molecule has 0 aromatic rings. The molecule has 4 aliphatic carbocycles. The molecule has 0 bridgehead atoms. The molecular formula is C32H48O6. The summed E-state index contributed by atoms with van der Waals surface area (Å²) in [4.78, 5) is 38.0. The van der Waals surface area contributed by atoms with Gasteiger partial charge in [0.25, 0.3) is 0 Å². The molecule has 0 radical (unpaired) electrons. The van der Waals surface area contributed by atoms with Crippen LogP contribution in [0.3, 0.4) is 0 Å². The average molecular weight is 529 g/mol. The number of esters is 2. The zero-order chi connectivity index (χ0) is 28.0. The quantitative estimate of drug-likeness (QED) is 0.170. The molecule has 7 atom stereocenters. The highest BCUT2D eigenvalue weighted by Crippen LogP contribution is 2.69. The fourth-order valence-electron chi connectivity index (χ4n) is 9.51. The number of hydrogen-bond donors (Lipinski definition) is 1. The Morgan fingerprint density at radius 3 is 2.39 bits per heavy atom. The summed E-state index contributed by atoms with van der Waals surface area (Å²) in [6.45, 7) is 15.1. The first-order chi connectivity index (χ1) is 17.8. The number of ketones is 1. The van der Waals surface area contributed by atoms with E-state index in [4.69, 9.17) is 9.47 Å². The normalized spacial score (nSPS) is 37.8. The van der Waals surface area contributed by atoms with E-state index in [0.717, 1.165) is 25.7 Å². The minimum atomic E-state index is -0.804. The highest BCUT2D eigenvalue weighted by Gasteiger charge is 2.62. The van der Waals surface area contributed by atoms with Crippen molar-refractivity contribution in [3.63, 3.8) is 0 Å². The molecule has 4 rings (SSSR count). The van der Waals surface area contributed by atoms with Gasteiger partial charge >= 0.3 is 11.9 Å². The van der Waals surface area contributed by atoms with Crippen molar-refractivity contribution in [2.45, 2.75) is 99.8 Å². The first kappa shape index (κ1) is 28.9. The number of carbonyl (C=O) groups excluding carboxylic acids is 3. The maximum absolute atomic E-state index is 13.6. The van der Waals surface area contributed by atoms with Crippen LogP contribution in [0.1, 0.15) is 99.8 Å². The number of Topliss-reactive ketones (excluding diaryl/α,β-unsaturated/α-hetero) is 1. The largest absolute Gasteiger partial charge is 0.502 e. The molecule has 38 heavy (non-hydrogen) atoms.